The molecule has 0 aliphatic heterocycles. The van der Waals surface area contributed by atoms with Crippen molar-refractivity contribution in [3.63, 3.8) is 0 Å². The number of nitrogens with one attached hydrogen (secondary N) is 1. The molecule has 0 radical (unpaired) electrons. The molecule has 19 heavy (non-hydrogen) atoms. The Balaban J connectivity index is 1.94. The first-order valence-electron chi connectivity index (χ1n) is 5.66. The molecule has 3 nitrogen and oxygen atoms in total. The van der Waals surface area contributed by atoms with E-state index in [4.69, 9.17) is 0 Å². The molecule has 0 amide bonds. The van der Waals surface area contributed by atoms with Crippen LogP contribution in [0.15, 0.2) is 30.3 Å². The van der Waals surface area contributed by atoms with Gasteiger partial charge in [0.2, 0.25) is 11.0 Å². The van der Waals surface area contributed by atoms with Crippen molar-refractivity contribution in [3.8, 4) is 0 Å². The van der Waals surface area contributed by atoms with Gasteiger partial charge in [-0.2, -0.15) is 22.5 Å². The van der Waals surface area contributed by atoms with E-state index in [-0.39, 0.29) is 11.0 Å². The number of rotatable bonds is 4. The fourth-order valence-electron chi connectivity index (χ4n) is 1.55. The van der Waals surface area contributed by atoms with Crippen LogP contribution in [0.1, 0.15) is 24.2 Å². The van der Waals surface area contributed by atoms with E-state index >= 15 is 0 Å². The molecular weight excluding hydrogens is 275 g/mol. The number of aromatic nitrogens is 2. The Kier molecular flexibility index (Phi) is 4.04. The standard InChI is InChI=1S/C12H12F3N3S/c1-8(9-5-3-2-4-6-9)7-16-11-17-10(18-19-11)12(13,14)15/h2-6,8H,7H2,1H3,(H,16,17,18). The van der Waals surface area contributed by atoms with Gasteiger partial charge in [-0.05, 0) is 11.5 Å². The van der Waals surface area contributed by atoms with Crippen molar-refractivity contribution in [2.75, 3.05) is 11.9 Å². The van der Waals surface area contributed by atoms with Crippen molar-refractivity contribution < 1.29 is 13.2 Å². The van der Waals surface area contributed by atoms with Crippen molar-refractivity contribution in [2.24, 2.45) is 0 Å². The predicted octanol–water partition coefficient (Wildman–Crippen LogP) is 3.77. The fraction of sp³-hybridized carbons (Fsp3) is 0.333. The summed E-state index contributed by atoms with van der Waals surface area (Å²) in [6.07, 6.45) is -4.48. The Morgan fingerprint density at radius 2 is 1.95 bits per heavy atom. The Morgan fingerprint density at radius 3 is 2.53 bits per heavy atom. The average molecular weight is 287 g/mol. The Bertz CT molecular complexity index is 525. The maximum Gasteiger partial charge on any atom is 0.452 e. The molecule has 0 aliphatic rings. The molecule has 0 bridgehead atoms. The molecule has 1 atom stereocenters. The zero-order valence-electron chi connectivity index (χ0n) is 10.1. The summed E-state index contributed by atoms with van der Waals surface area (Å²) in [5.41, 5.74) is 1.12. The lowest BCUT2D eigenvalue weighted by atomic mass is 10.0. The molecule has 0 aliphatic carbocycles. The number of hydrogen-bond donors (Lipinski definition) is 1. The number of halogens is 3. The zero-order chi connectivity index (χ0) is 13.9. The summed E-state index contributed by atoms with van der Waals surface area (Å²) in [6, 6.07) is 9.74. The molecule has 7 heteroatoms. The average Bonchev–Trinajstić information content (AvgIpc) is 2.86. The summed E-state index contributed by atoms with van der Waals surface area (Å²) in [5, 5.41) is 3.07. The number of nitrogens with zero attached hydrogens (tertiary/aromatic N) is 2. The van der Waals surface area contributed by atoms with E-state index in [9.17, 15) is 13.2 Å². The van der Waals surface area contributed by atoms with E-state index in [0.717, 1.165) is 17.1 Å². The minimum Gasteiger partial charge on any atom is -0.360 e. The van der Waals surface area contributed by atoms with Crippen LogP contribution in [-0.2, 0) is 6.18 Å². The highest BCUT2D eigenvalue weighted by Crippen LogP contribution is 2.29. The van der Waals surface area contributed by atoms with E-state index in [1.807, 2.05) is 37.3 Å². The lowest BCUT2D eigenvalue weighted by Crippen LogP contribution is -2.11. The van der Waals surface area contributed by atoms with E-state index in [0.29, 0.717) is 6.54 Å². The molecule has 2 aromatic rings. The van der Waals surface area contributed by atoms with Crippen LogP contribution in [0.5, 0.6) is 0 Å². The highest BCUT2D eigenvalue weighted by Gasteiger charge is 2.36. The molecular formula is C12H12F3N3S. The summed E-state index contributed by atoms with van der Waals surface area (Å²) in [7, 11) is 0. The minimum absolute atomic E-state index is 0.180. The highest BCUT2D eigenvalue weighted by molar-refractivity contribution is 7.09. The third-order valence-corrected chi connectivity index (χ3v) is 3.28. The van der Waals surface area contributed by atoms with Gasteiger partial charge >= 0.3 is 6.18 Å². The van der Waals surface area contributed by atoms with Crippen LogP contribution in [-0.4, -0.2) is 15.9 Å². The molecule has 0 saturated carbocycles. The Morgan fingerprint density at radius 1 is 1.26 bits per heavy atom. The quantitative estimate of drug-likeness (QED) is 0.930. The van der Waals surface area contributed by atoms with Crippen molar-refractivity contribution in [1.82, 2.24) is 9.36 Å². The van der Waals surface area contributed by atoms with Crippen LogP contribution in [0.25, 0.3) is 0 Å². The molecule has 0 spiro atoms. The van der Waals surface area contributed by atoms with E-state index in [1.165, 1.54) is 0 Å². The molecule has 1 unspecified atom stereocenters. The monoisotopic (exact) mass is 287 g/mol. The van der Waals surface area contributed by atoms with Gasteiger partial charge < -0.3 is 5.32 Å². The van der Waals surface area contributed by atoms with E-state index < -0.39 is 12.0 Å². The van der Waals surface area contributed by atoms with Crippen LogP contribution in [0.4, 0.5) is 18.3 Å². The summed E-state index contributed by atoms with van der Waals surface area (Å²) >= 11 is 0.721. The third kappa shape index (κ3) is 3.66. The summed E-state index contributed by atoms with van der Waals surface area (Å²) < 4.78 is 40.2. The normalized spacial score (nSPS) is 13.3. The summed E-state index contributed by atoms with van der Waals surface area (Å²) in [6.45, 7) is 2.50. The van der Waals surface area contributed by atoms with Crippen LogP contribution >= 0.6 is 11.5 Å². The molecule has 0 fully saturated rings. The van der Waals surface area contributed by atoms with Crippen molar-refractivity contribution in [1.29, 1.82) is 0 Å². The highest BCUT2D eigenvalue weighted by atomic mass is 32.1. The van der Waals surface area contributed by atoms with E-state index in [1.54, 1.807) is 0 Å². The van der Waals surface area contributed by atoms with E-state index in [2.05, 4.69) is 14.7 Å². The van der Waals surface area contributed by atoms with Crippen molar-refractivity contribution in [2.45, 2.75) is 19.0 Å². The molecule has 102 valence electrons. The number of anilines is 1. The molecule has 2 rings (SSSR count). The van der Waals surface area contributed by atoms with Crippen LogP contribution in [0.2, 0.25) is 0 Å². The predicted molar refractivity (Wildman–Crippen MR) is 68.3 cm³/mol. The van der Waals surface area contributed by atoms with Gasteiger partial charge in [0, 0.05) is 18.1 Å². The van der Waals surface area contributed by atoms with Crippen LogP contribution in [0.3, 0.4) is 0 Å². The molecule has 1 aromatic carbocycles. The second-order valence-electron chi connectivity index (χ2n) is 4.11. The second kappa shape index (κ2) is 5.56. The van der Waals surface area contributed by atoms with Gasteiger partial charge in [0.15, 0.2) is 0 Å². The third-order valence-electron chi connectivity index (χ3n) is 2.61. The maximum absolute atomic E-state index is 12.3. The fourth-order valence-corrected chi connectivity index (χ4v) is 2.14. The lowest BCUT2D eigenvalue weighted by Gasteiger charge is -2.11. The van der Waals surface area contributed by atoms with Gasteiger partial charge in [0.05, 0.1) is 0 Å². The second-order valence-corrected chi connectivity index (χ2v) is 4.87. The number of alkyl halides is 3. The van der Waals surface area contributed by atoms with Gasteiger partial charge in [0.1, 0.15) is 0 Å². The Labute approximate surface area is 112 Å². The molecule has 1 N–H and O–H groups in total. The topological polar surface area (TPSA) is 37.8 Å². The van der Waals surface area contributed by atoms with Gasteiger partial charge in [-0.3, -0.25) is 0 Å². The van der Waals surface area contributed by atoms with Gasteiger partial charge in [-0.1, -0.05) is 37.3 Å². The first kappa shape index (κ1) is 13.8. The van der Waals surface area contributed by atoms with Crippen molar-refractivity contribution >= 4 is 16.7 Å². The number of hydrogen-bond acceptors (Lipinski definition) is 4. The minimum atomic E-state index is -4.48. The van der Waals surface area contributed by atoms with Gasteiger partial charge in [-0.25, -0.2) is 0 Å². The van der Waals surface area contributed by atoms with Crippen LogP contribution in [0, 0.1) is 0 Å². The number of benzene rings is 1. The van der Waals surface area contributed by atoms with Crippen molar-refractivity contribution in [3.05, 3.63) is 41.7 Å². The zero-order valence-corrected chi connectivity index (χ0v) is 10.9. The molecule has 1 aromatic heterocycles. The first-order chi connectivity index (χ1) is 8.97. The van der Waals surface area contributed by atoms with Crippen LogP contribution < -0.4 is 5.32 Å². The van der Waals surface area contributed by atoms with Gasteiger partial charge in [0.25, 0.3) is 0 Å². The van der Waals surface area contributed by atoms with Gasteiger partial charge in [-0.15, -0.1) is 0 Å². The summed E-state index contributed by atoms with van der Waals surface area (Å²) in [4.78, 5) is 3.42. The summed E-state index contributed by atoms with van der Waals surface area (Å²) in [5.74, 6) is -0.910. The lowest BCUT2D eigenvalue weighted by molar-refractivity contribution is -0.144. The molecule has 0 saturated heterocycles. The maximum atomic E-state index is 12.3. The SMILES string of the molecule is CC(CNc1nc(C(F)(F)F)ns1)c1ccccc1. The largest absolute Gasteiger partial charge is 0.452 e. The molecule has 1 heterocycles. The smallest absolute Gasteiger partial charge is 0.360 e. The first-order valence-corrected chi connectivity index (χ1v) is 6.44. The Hall–Kier alpha value is -1.63.